The highest BCUT2D eigenvalue weighted by Gasteiger charge is 2.20. The van der Waals surface area contributed by atoms with Gasteiger partial charge in [0.25, 0.3) is 0 Å². The molecule has 1 aromatic carbocycles. The standard InChI is InChI=1S/C21H34N4O/c1-18-5-4-6-20(15-18)25-13-11-24(12-14-25)10-3-2-9-23-21(26)17-22-16-19-7-8-19/h4-6,15,19,22H,2-3,7-14,16-17H2,1H3,(H,23,26). The minimum atomic E-state index is 0.136. The number of hydrogen-bond donors (Lipinski definition) is 2. The molecule has 1 saturated heterocycles. The zero-order valence-electron chi connectivity index (χ0n) is 16.2. The van der Waals surface area contributed by atoms with Gasteiger partial charge in [-0.25, -0.2) is 0 Å². The van der Waals surface area contributed by atoms with Crippen molar-refractivity contribution in [2.75, 3.05) is 57.3 Å². The second kappa shape index (κ2) is 9.93. The van der Waals surface area contributed by atoms with E-state index in [2.05, 4.69) is 51.6 Å². The lowest BCUT2D eigenvalue weighted by molar-refractivity contribution is -0.120. The first kappa shape index (κ1) is 19.2. The average molecular weight is 359 g/mol. The van der Waals surface area contributed by atoms with Gasteiger partial charge in [0.1, 0.15) is 0 Å². The van der Waals surface area contributed by atoms with E-state index in [0.29, 0.717) is 6.54 Å². The van der Waals surface area contributed by atoms with Gasteiger partial charge in [0.2, 0.25) is 5.91 Å². The van der Waals surface area contributed by atoms with Gasteiger partial charge in [-0.15, -0.1) is 0 Å². The van der Waals surface area contributed by atoms with E-state index in [1.54, 1.807) is 0 Å². The second-order valence-corrected chi connectivity index (χ2v) is 7.80. The first-order valence-corrected chi connectivity index (χ1v) is 10.2. The molecular weight excluding hydrogens is 324 g/mol. The zero-order chi connectivity index (χ0) is 18.2. The highest BCUT2D eigenvalue weighted by molar-refractivity contribution is 5.77. The van der Waals surface area contributed by atoms with Gasteiger partial charge in [0.05, 0.1) is 6.54 Å². The number of nitrogens with one attached hydrogen (secondary N) is 2. The van der Waals surface area contributed by atoms with Gasteiger partial charge in [0.15, 0.2) is 0 Å². The molecule has 0 aromatic heterocycles. The van der Waals surface area contributed by atoms with E-state index >= 15 is 0 Å². The van der Waals surface area contributed by atoms with Crippen LogP contribution < -0.4 is 15.5 Å². The molecule has 1 amide bonds. The van der Waals surface area contributed by atoms with Crippen LogP contribution in [-0.4, -0.2) is 63.2 Å². The summed E-state index contributed by atoms with van der Waals surface area (Å²) in [5, 5.41) is 6.26. The van der Waals surface area contributed by atoms with Crippen molar-refractivity contribution in [3.05, 3.63) is 29.8 Å². The van der Waals surface area contributed by atoms with Crippen LogP contribution in [-0.2, 0) is 4.79 Å². The van der Waals surface area contributed by atoms with Crippen molar-refractivity contribution in [3.8, 4) is 0 Å². The Bertz CT molecular complexity index is 565. The van der Waals surface area contributed by atoms with Gasteiger partial charge in [-0.05, 0) is 69.3 Å². The fraction of sp³-hybridized carbons (Fsp3) is 0.667. The number of nitrogens with zero attached hydrogens (tertiary/aromatic N) is 2. The summed E-state index contributed by atoms with van der Waals surface area (Å²) in [5.74, 6) is 0.964. The Balaban J connectivity index is 1.21. The summed E-state index contributed by atoms with van der Waals surface area (Å²) in [6.07, 6.45) is 4.87. The fourth-order valence-corrected chi connectivity index (χ4v) is 3.52. The van der Waals surface area contributed by atoms with E-state index in [9.17, 15) is 4.79 Å². The molecule has 0 radical (unpaired) electrons. The summed E-state index contributed by atoms with van der Waals surface area (Å²) in [7, 11) is 0. The van der Waals surface area contributed by atoms with Crippen molar-refractivity contribution in [3.63, 3.8) is 0 Å². The van der Waals surface area contributed by atoms with E-state index in [0.717, 1.165) is 64.6 Å². The highest BCUT2D eigenvalue weighted by atomic mass is 16.1. The summed E-state index contributed by atoms with van der Waals surface area (Å²) in [4.78, 5) is 16.7. The van der Waals surface area contributed by atoms with Crippen LogP contribution in [0, 0.1) is 12.8 Å². The number of carbonyl (C=O) groups excluding carboxylic acids is 1. The van der Waals surface area contributed by atoms with Crippen LogP contribution in [0.4, 0.5) is 5.69 Å². The molecule has 1 aromatic rings. The minimum Gasteiger partial charge on any atom is -0.369 e. The van der Waals surface area contributed by atoms with Gasteiger partial charge in [0, 0.05) is 38.4 Å². The summed E-state index contributed by atoms with van der Waals surface area (Å²) in [6.45, 7) is 10.0. The molecule has 2 fully saturated rings. The largest absolute Gasteiger partial charge is 0.369 e. The van der Waals surface area contributed by atoms with Crippen molar-refractivity contribution in [1.82, 2.24) is 15.5 Å². The van der Waals surface area contributed by atoms with E-state index in [-0.39, 0.29) is 5.91 Å². The highest BCUT2D eigenvalue weighted by Crippen LogP contribution is 2.27. The van der Waals surface area contributed by atoms with Crippen molar-refractivity contribution in [2.24, 2.45) is 5.92 Å². The Morgan fingerprint density at radius 2 is 1.96 bits per heavy atom. The molecule has 0 atom stereocenters. The maximum absolute atomic E-state index is 11.7. The third kappa shape index (κ3) is 6.61. The van der Waals surface area contributed by atoms with Crippen LogP contribution in [0.2, 0.25) is 0 Å². The van der Waals surface area contributed by atoms with E-state index in [1.165, 1.54) is 24.1 Å². The van der Waals surface area contributed by atoms with E-state index in [4.69, 9.17) is 0 Å². The van der Waals surface area contributed by atoms with Gasteiger partial charge >= 0.3 is 0 Å². The smallest absolute Gasteiger partial charge is 0.233 e. The monoisotopic (exact) mass is 358 g/mol. The number of anilines is 1. The number of hydrogen-bond acceptors (Lipinski definition) is 4. The van der Waals surface area contributed by atoms with Crippen LogP contribution in [0.3, 0.4) is 0 Å². The molecule has 1 saturated carbocycles. The molecule has 2 N–H and O–H groups in total. The molecule has 1 aliphatic heterocycles. The average Bonchev–Trinajstić information content (AvgIpc) is 3.46. The summed E-state index contributed by atoms with van der Waals surface area (Å²) < 4.78 is 0. The predicted molar refractivity (Wildman–Crippen MR) is 108 cm³/mol. The van der Waals surface area contributed by atoms with Crippen LogP contribution in [0.15, 0.2) is 24.3 Å². The zero-order valence-corrected chi connectivity index (χ0v) is 16.2. The third-order valence-corrected chi connectivity index (χ3v) is 5.38. The van der Waals surface area contributed by atoms with Crippen LogP contribution in [0.1, 0.15) is 31.2 Å². The molecule has 26 heavy (non-hydrogen) atoms. The maximum Gasteiger partial charge on any atom is 0.233 e. The van der Waals surface area contributed by atoms with Crippen LogP contribution in [0.25, 0.3) is 0 Å². The van der Waals surface area contributed by atoms with Crippen molar-refractivity contribution < 1.29 is 4.79 Å². The van der Waals surface area contributed by atoms with Crippen molar-refractivity contribution in [2.45, 2.75) is 32.6 Å². The molecule has 5 nitrogen and oxygen atoms in total. The molecule has 0 unspecified atom stereocenters. The molecule has 1 heterocycles. The molecular formula is C21H34N4O. The minimum absolute atomic E-state index is 0.136. The lowest BCUT2D eigenvalue weighted by Gasteiger charge is -2.36. The molecule has 0 spiro atoms. The fourth-order valence-electron chi connectivity index (χ4n) is 3.52. The van der Waals surface area contributed by atoms with Crippen LogP contribution >= 0.6 is 0 Å². The molecule has 144 valence electrons. The van der Waals surface area contributed by atoms with Gasteiger partial charge < -0.3 is 15.5 Å². The second-order valence-electron chi connectivity index (χ2n) is 7.80. The first-order chi connectivity index (χ1) is 12.7. The topological polar surface area (TPSA) is 47.6 Å². The lowest BCUT2D eigenvalue weighted by atomic mass is 10.2. The molecule has 3 rings (SSSR count). The summed E-state index contributed by atoms with van der Waals surface area (Å²) in [5.41, 5.74) is 2.68. The molecule has 2 aliphatic rings. The number of unbranched alkanes of at least 4 members (excludes halogenated alkanes) is 1. The molecule has 5 heteroatoms. The molecule has 0 bridgehead atoms. The SMILES string of the molecule is Cc1cccc(N2CCN(CCCCNC(=O)CNCC3CC3)CC2)c1. The Kier molecular flexibility index (Phi) is 7.32. The summed E-state index contributed by atoms with van der Waals surface area (Å²) >= 11 is 0. The lowest BCUT2D eigenvalue weighted by Crippen LogP contribution is -2.46. The van der Waals surface area contributed by atoms with Crippen molar-refractivity contribution >= 4 is 11.6 Å². The Labute approximate surface area is 158 Å². The number of rotatable bonds is 10. The number of carbonyl (C=O) groups is 1. The number of piperazine rings is 1. The number of aryl methyl sites for hydroxylation is 1. The first-order valence-electron chi connectivity index (χ1n) is 10.2. The normalized spacial score (nSPS) is 18.1. The Morgan fingerprint density at radius 3 is 2.69 bits per heavy atom. The van der Waals surface area contributed by atoms with Gasteiger partial charge in [-0.2, -0.15) is 0 Å². The Hall–Kier alpha value is -1.59. The van der Waals surface area contributed by atoms with Gasteiger partial charge in [-0.1, -0.05) is 12.1 Å². The van der Waals surface area contributed by atoms with Crippen LogP contribution in [0.5, 0.6) is 0 Å². The van der Waals surface area contributed by atoms with E-state index in [1.807, 2.05) is 0 Å². The Morgan fingerprint density at radius 1 is 1.15 bits per heavy atom. The maximum atomic E-state index is 11.7. The van der Waals surface area contributed by atoms with E-state index < -0.39 is 0 Å². The number of benzene rings is 1. The van der Waals surface area contributed by atoms with Crippen molar-refractivity contribution in [1.29, 1.82) is 0 Å². The van der Waals surface area contributed by atoms with Gasteiger partial charge in [-0.3, -0.25) is 9.69 Å². The predicted octanol–water partition coefficient (Wildman–Crippen LogP) is 2.01. The molecule has 1 aliphatic carbocycles. The number of amides is 1. The third-order valence-electron chi connectivity index (χ3n) is 5.38. The summed E-state index contributed by atoms with van der Waals surface area (Å²) in [6, 6.07) is 8.79. The quantitative estimate of drug-likeness (QED) is 0.628.